The summed E-state index contributed by atoms with van der Waals surface area (Å²) in [6.07, 6.45) is 0.317. The van der Waals surface area contributed by atoms with Crippen molar-refractivity contribution in [3.05, 3.63) is 65.4 Å². The molecule has 142 valence electrons. The standard InChI is InChI=1S/C22H21N3O3/c1-14-8-16-9-15(6-7-18(16)24-14)11-23-21(27)25-12-22(13-25)10-19(26)17-4-2-3-5-20(17)28-22/h2-9,24H,10-13H2,1H3,(H,23,27). The van der Waals surface area contributed by atoms with E-state index < -0.39 is 5.60 Å². The Morgan fingerprint density at radius 3 is 2.89 bits per heavy atom. The molecule has 28 heavy (non-hydrogen) atoms. The molecule has 0 saturated carbocycles. The van der Waals surface area contributed by atoms with Gasteiger partial charge in [-0.25, -0.2) is 4.79 Å². The molecule has 1 spiro atoms. The van der Waals surface area contributed by atoms with Crippen molar-refractivity contribution in [1.82, 2.24) is 15.2 Å². The number of Topliss-reactive ketones (excluding diaryl/α,β-unsaturated/α-hetero) is 1. The number of amides is 2. The van der Waals surface area contributed by atoms with Crippen molar-refractivity contribution in [2.75, 3.05) is 13.1 Å². The number of nitrogens with zero attached hydrogens (tertiary/aromatic N) is 1. The number of rotatable bonds is 2. The van der Waals surface area contributed by atoms with E-state index in [0.29, 0.717) is 37.4 Å². The van der Waals surface area contributed by atoms with Gasteiger partial charge in [-0.1, -0.05) is 18.2 Å². The van der Waals surface area contributed by atoms with E-state index in [1.807, 2.05) is 37.3 Å². The number of fused-ring (bicyclic) bond motifs is 2. The number of aromatic nitrogens is 1. The molecule has 3 aromatic rings. The summed E-state index contributed by atoms with van der Waals surface area (Å²) < 4.78 is 6.07. The first kappa shape index (κ1) is 16.9. The Labute approximate surface area is 162 Å². The Morgan fingerprint density at radius 2 is 2.04 bits per heavy atom. The lowest BCUT2D eigenvalue weighted by Crippen LogP contribution is -2.69. The third-order valence-electron chi connectivity index (χ3n) is 5.51. The van der Waals surface area contributed by atoms with E-state index in [1.165, 1.54) is 0 Å². The van der Waals surface area contributed by atoms with Crippen LogP contribution in [-0.4, -0.2) is 40.4 Å². The van der Waals surface area contributed by atoms with Gasteiger partial charge in [-0.15, -0.1) is 0 Å². The highest BCUT2D eigenvalue weighted by atomic mass is 16.5. The number of hydrogen-bond donors (Lipinski definition) is 2. The van der Waals surface area contributed by atoms with Crippen molar-refractivity contribution < 1.29 is 14.3 Å². The third kappa shape index (κ3) is 2.81. The van der Waals surface area contributed by atoms with Gasteiger partial charge in [-0.05, 0) is 48.2 Å². The minimum Gasteiger partial charge on any atom is -0.482 e. The fourth-order valence-corrected chi connectivity index (χ4v) is 4.14. The fourth-order valence-electron chi connectivity index (χ4n) is 4.14. The number of carbonyl (C=O) groups is 2. The normalized spacial score (nSPS) is 17.2. The average molecular weight is 375 g/mol. The Morgan fingerprint density at radius 1 is 1.21 bits per heavy atom. The molecule has 2 aliphatic heterocycles. The predicted octanol–water partition coefficient (Wildman–Crippen LogP) is 3.41. The van der Waals surface area contributed by atoms with E-state index in [9.17, 15) is 9.59 Å². The summed E-state index contributed by atoms with van der Waals surface area (Å²) in [5.74, 6) is 0.700. The molecule has 1 saturated heterocycles. The summed E-state index contributed by atoms with van der Waals surface area (Å²) in [6.45, 7) is 3.34. The van der Waals surface area contributed by atoms with E-state index in [4.69, 9.17) is 4.74 Å². The SMILES string of the molecule is Cc1cc2cc(CNC(=O)N3CC4(CC(=O)c5ccccc5O4)C3)ccc2[nH]1. The highest BCUT2D eigenvalue weighted by molar-refractivity contribution is 6.00. The molecule has 6 heteroatoms. The van der Waals surface area contributed by atoms with Gasteiger partial charge in [-0.2, -0.15) is 0 Å². The minimum atomic E-state index is -0.579. The zero-order chi connectivity index (χ0) is 19.3. The Balaban J connectivity index is 1.20. The highest BCUT2D eigenvalue weighted by Gasteiger charge is 2.51. The largest absolute Gasteiger partial charge is 0.482 e. The first-order valence-electron chi connectivity index (χ1n) is 9.44. The van der Waals surface area contributed by atoms with Crippen LogP contribution in [-0.2, 0) is 6.54 Å². The van der Waals surface area contributed by atoms with Gasteiger partial charge in [0, 0.05) is 17.8 Å². The van der Waals surface area contributed by atoms with Gasteiger partial charge in [0.25, 0.3) is 0 Å². The predicted molar refractivity (Wildman–Crippen MR) is 106 cm³/mol. The Bertz CT molecular complexity index is 1100. The quantitative estimate of drug-likeness (QED) is 0.721. The molecule has 1 aromatic heterocycles. The summed E-state index contributed by atoms with van der Waals surface area (Å²) in [6, 6.07) is 15.4. The molecule has 0 unspecified atom stereocenters. The van der Waals surface area contributed by atoms with E-state index in [2.05, 4.69) is 22.4 Å². The van der Waals surface area contributed by atoms with E-state index in [0.717, 1.165) is 22.2 Å². The second-order valence-corrected chi connectivity index (χ2v) is 7.77. The first-order chi connectivity index (χ1) is 13.5. The van der Waals surface area contributed by atoms with Crippen molar-refractivity contribution in [3.8, 4) is 5.75 Å². The van der Waals surface area contributed by atoms with Gasteiger partial charge in [0.15, 0.2) is 11.4 Å². The van der Waals surface area contributed by atoms with Gasteiger partial charge in [0.05, 0.1) is 25.1 Å². The smallest absolute Gasteiger partial charge is 0.317 e. The molecule has 0 aliphatic carbocycles. The lowest BCUT2D eigenvalue weighted by atomic mass is 9.84. The fraction of sp³-hybridized carbons (Fsp3) is 0.273. The van der Waals surface area contributed by atoms with Crippen LogP contribution in [0.3, 0.4) is 0 Å². The van der Waals surface area contributed by atoms with Crippen LogP contribution >= 0.6 is 0 Å². The molecule has 2 aromatic carbocycles. The number of carbonyl (C=O) groups excluding carboxylic acids is 2. The molecule has 5 rings (SSSR count). The molecule has 0 radical (unpaired) electrons. The van der Waals surface area contributed by atoms with E-state index >= 15 is 0 Å². The maximum Gasteiger partial charge on any atom is 0.317 e. The van der Waals surface area contributed by atoms with Gasteiger partial charge < -0.3 is 19.9 Å². The van der Waals surface area contributed by atoms with Gasteiger partial charge in [0.1, 0.15) is 5.75 Å². The zero-order valence-corrected chi connectivity index (χ0v) is 15.6. The highest BCUT2D eigenvalue weighted by Crippen LogP contribution is 2.38. The zero-order valence-electron chi connectivity index (χ0n) is 15.6. The molecule has 2 amide bonds. The number of para-hydroxylation sites is 1. The number of hydrogen-bond acceptors (Lipinski definition) is 3. The van der Waals surface area contributed by atoms with Gasteiger partial charge >= 0.3 is 6.03 Å². The number of ether oxygens (including phenoxy) is 1. The number of H-pyrrole nitrogens is 1. The Kier molecular flexibility index (Phi) is 3.69. The van der Waals surface area contributed by atoms with Gasteiger partial charge in [-0.3, -0.25) is 4.79 Å². The third-order valence-corrected chi connectivity index (χ3v) is 5.51. The summed E-state index contributed by atoms with van der Waals surface area (Å²) in [5.41, 5.74) is 3.31. The summed E-state index contributed by atoms with van der Waals surface area (Å²) in [4.78, 5) is 29.9. The topological polar surface area (TPSA) is 74.4 Å². The van der Waals surface area contributed by atoms with Crippen molar-refractivity contribution in [3.63, 3.8) is 0 Å². The van der Waals surface area contributed by atoms with Crippen LogP contribution < -0.4 is 10.1 Å². The molecule has 0 bridgehead atoms. The van der Waals surface area contributed by atoms with Gasteiger partial charge in [0.2, 0.25) is 0 Å². The van der Waals surface area contributed by atoms with Crippen LogP contribution in [0.2, 0.25) is 0 Å². The second-order valence-electron chi connectivity index (χ2n) is 7.77. The van der Waals surface area contributed by atoms with Crippen molar-refractivity contribution >= 4 is 22.7 Å². The number of benzene rings is 2. The molecular formula is C22H21N3O3. The molecule has 2 aliphatic rings. The average Bonchev–Trinajstić information content (AvgIpc) is 3.03. The molecule has 1 fully saturated rings. The van der Waals surface area contributed by atoms with Crippen LogP contribution in [0.15, 0.2) is 48.5 Å². The molecule has 3 heterocycles. The number of ketones is 1. The number of nitrogens with one attached hydrogen (secondary N) is 2. The van der Waals surface area contributed by atoms with Crippen molar-refractivity contribution in [1.29, 1.82) is 0 Å². The molecular weight excluding hydrogens is 354 g/mol. The number of aryl methyl sites for hydroxylation is 1. The summed E-state index contributed by atoms with van der Waals surface area (Å²) >= 11 is 0. The molecule has 0 atom stereocenters. The number of aromatic amines is 1. The maximum atomic E-state index is 12.5. The monoisotopic (exact) mass is 375 g/mol. The lowest BCUT2D eigenvalue weighted by molar-refractivity contribution is -0.0596. The van der Waals surface area contributed by atoms with E-state index in [-0.39, 0.29) is 11.8 Å². The van der Waals surface area contributed by atoms with Crippen LogP contribution in [0, 0.1) is 6.92 Å². The maximum absolute atomic E-state index is 12.5. The first-order valence-corrected chi connectivity index (χ1v) is 9.44. The summed E-state index contributed by atoms with van der Waals surface area (Å²) in [7, 11) is 0. The van der Waals surface area contributed by atoms with Crippen LogP contribution in [0.5, 0.6) is 5.75 Å². The lowest BCUT2D eigenvalue weighted by Gasteiger charge is -2.50. The second kappa shape index (κ2) is 6.12. The minimum absolute atomic E-state index is 0.0806. The van der Waals surface area contributed by atoms with Crippen LogP contribution in [0.1, 0.15) is 28.0 Å². The van der Waals surface area contributed by atoms with Crippen molar-refractivity contribution in [2.45, 2.75) is 25.5 Å². The number of urea groups is 1. The summed E-state index contributed by atoms with van der Waals surface area (Å²) in [5, 5.41) is 4.10. The van der Waals surface area contributed by atoms with Crippen molar-refractivity contribution in [2.24, 2.45) is 0 Å². The number of likely N-dealkylation sites (tertiary alicyclic amines) is 1. The molecule has 2 N–H and O–H groups in total. The van der Waals surface area contributed by atoms with Crippen LogP contribution in [0.25, 0.3) is 10.9 Å². The molecule has 6 nitrogen and oxygen atoms in total. The van der Waals surface area contributed by atoms with Crippen LogP contribution in [0.4, 0.5) is 4.79 Å². The van der Waals surface area contributed by atoms with E-state index in [1.54, 1.807) is 11.0 Å². The Hall–Kier alpha value is -3.28.